The van der Waals surface area contributed by atoms with E-state index in [0.29, 0.717) is 37.6 Å². The van der Waals surface area contributed by atoms with Gasteiger partial charge in [-0.25, -0.2) is 9.97 Å². The summed E-state index contributed by atoms with van der Waals surface area (Å²) in [5.74, 6) is 7.60. The molecule has 0 unspecified atom stereocenters. The highest BCUT2D eigenvalue weighted by Crippen LogP contribution is 2.35. The highest BCUT2D eigenvalue weighted by molar-refractivity contribution is 5.87. The number of likely N-dealkylation sites (tertiary alicyclic amines) is 2. The van der Waals surface area contributed by atoms with Crippen molar-refractivity contribution >= 4 is 46.7 Å². The number of benzene rings is 4. The number of fused-ring (bicyclic) bond motifs is 2. The summed E-state index contributed by atoms with van der Waals surface area (Å²) in [6.45, 7) is 1.15. The Hall–Kier alpha value is -6.74. The molecule has 6 aromatic rings. The normalized spacial score (nSPS) is 17.9. The van der Waals surface area contributed by atoms with Crippen LogP contribution in [0.5, 0.6) is 0 Å². The Bertz CT molecular complexity index is 2230. The highest BCUT2D eigenvalue weighted by Gasteiger charge is 2.37. The van der Waals surface area contributed by atoms with Crippen molar-refractivity contribution in [3.05, 3.63) is 131 Å². The topological polar surface area (TPSA) is 156 Å². The predicted molar refractivity (Wildman–Crippen MR) is 202 cm³/mol. The fourth-order valence-electron chi connectivity index (χ4n) is 7.67. The molecule has 2 fully saturated rings. The number of aromatic amines is 2. The molecular formula is C42H38N8O4. The molecule has 12 heteroatoms. The van der Waals surface area contributed by atoms with Gasteiger partial charge < -0.3 is 30.4 Å². The first-order chi connectivity index (χ1) is 26.5. The fraction of sp³-hybridized carbons (Fsp3) is 0.238. The van der Waals surface area contributed by atoms with Crippen LogP contribution in [0.15, 0.2) is 97.1 Å². The van der Waals surface area contributed by atoms with Crippen LogP contribution in [-0.4, -0.2) is 67.5 Å². The van der Waals surface area contributed by atoms with E-state index < -0.39 is 12.1 Å². The molecule has 0 bridgehead atoms. The Kier molecular flexibility index (Phi) is 9.60. The summed E-state index contributed by atoms with van der Waals surface area (Å²) in [5.41, 5.74) is 6.25. The first kappa shape index (κ1) is 34.4. The molecule has 0 spiro atoms. The third-order valence-electron chi connectivity index (χ3n) is 10.3. The molecule has 4 atom stereocenters. The van der Waals surface area contributed by atoms with Gasteiger partial charge in [0.25, 0.3) is 0 Å². The molecule has 4 heterocycles. The van der Waals surface area contributed by atoms with Crippen LogP contribution in [0.2, 0.25) is 0 Å². The van der Waals surface area contributed by atoms with Crippen LogP contribution >= 0.6 is 0 Å². The Balaban J connectivity index is 0.988. The Morgan fingerprint density at radius 2 is 1.07 bits per heavy atom. The van der Waals surface area contributed by atoms with E-state index in [1.807, 2.05) is 97.1 Å². The van der Waals surface area contributed by atoms with Gasteiger partial charge >= 0.3 is 0 Å². The van der Waals surface area contributed by atoms with Gasteiger partial charge in [0, 0.05) is 24.2 Å². The second-order valence-corrected chi connectivity index (χ2v) is 13.6. The molecule has 4 N–H and O–H groups in total. The molecular weight excluding hydrogens is 681 g/mol. The van der Waals surface area contributed by atoms with Crippen molar-refractivity contribution in [2.24, 2.45) is 0 Å². The number of nitrogens with one attached hydrogen (secondary N) is 4. The number of carbonyl (C=O) groups is 4. The van der Waals surface area contributed by atoms with Crippen LogP contribution in [0.25, 0.3) is 22.1 Å². The maximum atomic E-state index is 13.7. The Morgan fingerprint density at radius 1 is 0.648 bits per heavy atom. The van der Waals surface area contributed by atoms with Crippen molar-refractivity contribution in [3.8, 4) is 11.8 Å². The van der Waals surface area contributed by atoms with E-state index in [4.69, 9.17) is 9.97 Å². The van der Waals surface area contributed by atoms with Gasteiger partial charge in [-0.15, -0.1) is 0 Å². The van der Waals surface area contributed by atoms with Crippen molar-refractivity contribution in [2.75, 3.05) is 13.1 Å². The number of hydrogen-bond acceptors (Lipinski definition) is 6. The van der Waals surface area contributed by atoms with E-state index >= 15 is 0 Å². The van der Waals surface area contributed by atoms with E-state index in [2.05, 4.69) is 32.4 Å². The average Bonchev–Trinajstić information content (AvgIpc) is 4.04. The number of rotatable bonds is 10. The van der Waals surface area contributed by atoms with Crippen molar-refractivity contribution in [1.82, 2.24) is 40.4 Å². The summed E-state index contributed by atoms with van der Waals surface area (Å²) in [4.78, 5) is 70.5. The number of nitrogens with zero attached hydrogens (tertiary/aromatic N) is 4. The number of carbonyl (C=O) groups excluding carboxylic acids is 4. The van der Waals surface area contributed by atoms with Crippen LogP contribution < -0.4 is 10.6 Å². The van der Waals surface area contributed by atoms with E-state index in [-0.39, 0.29) is 23.9 Å². The summed E-state index contributed by atoms with van der Waals surface area (Å²) in [6, 6.07) is 28.1. The van der Waals surface area contributed by atoms with Gasteiger partial charge in [0.15, 0.2) is 0 Å². The second kappa shape index (κ2) is 15.1. The smallest absolute Gasteiger partial charge is 0.250 e. The molecule has 54 heavy (non-hydrogen) atoms. The first-order valence-electron chi connectivity index (χ1n) is 18.1. The minimum Gasteiger partial charge on any atom is -0.343 e. The number of aromatic nitrogens is 4. The van der Waals surface area contributed by atoms with Gasteiger partial charge in [0.1, 0.15) is 23.7 Å². The zero-order chi connectivity index (χ0) is 37.0. The van der Waals surface area contributed by atoms with Crippen LogP contribution in [0.1, 0.15) is 83.8 Å². The molecule has 8 rings (SSSR count). The summed E-state index contributed by atoms with van der Waals surface area (Å²) in [6.07, 6.45) is 4.33. The number of amides is 4. The molecule has 0 aliphatic carbocycles. The lowest BCUT2D eigenvalue weighted by Crippen LogP contribution is -2.40. The second-order valence-electron chi connectivity index (χ2n) is 13.6. The maximum absolute atomic E-state index is 13.7. The zero-order valence-electron chi connectivity index (χ0n) is 29.4. The number of H-pyrrole nitrogens is 2. The summed E-state index contributed by atoms with van der Waals surface area (Å²) < 4.78 is 0. The molecule has 12 nitrogen and oxygen atoms in total. The van der Waals surface area contributed by atoms with Crippen LogP contribution in [-0.2, 0) is 19.2 Å². The minimum atomic E-state index is -0.770. The standard InChI is InChI=1S/C42H38N8O4/c51-25-43-37(29-9-3-1-4-10-29)41(53)49-21-7-13-35(49)39-45-31-19-17-27(23-33(31)47-39)15-16-28-18-20-32-34(24-28)48-40(46-32)36-14-8-22-50(36)42(54)38(44-26-52)30-11-5-2-6-12-30/h1-6,9-12,17-20,23-26,35-38H,7-8,13-14,21-22H2,(H,43,51)(H,44,52)(H,45,47)(H,46,48)/t35-,36-,37+,38+/m0/s1. The van der Waals surface area contributed by atoms with Gasteiger partial charge in [0.2, 0.25) is 24.6 Å². The SMILES string of the molecule is O=CN[C@@H](C(=O)N1CCC[C@H]1c1nc2cc(C#Cc3ccc4[nH]c([C@@H]5CCCN5C(=O)[C@H](NC=O)c5ccccc5)nc4c3)ccc2[nH]1)c1ccccc1. The third-order valence-corrected chi connectivity index (χ3v) is 10.3. The molecule has 4 aromatic carbocycles. The van der Waals surface area contributed by atoms with E-state index in [1.54, 1.807) is 9.80 Å². The quantitative estimate of drug-likeness (QED) is 0.114. The van der Waals surface area contributed by atoms with Crippen molar-refractivity contribution in [2.45, 2.75) is 49.9 Å². The average molecular weight is 719 g/mol. The number of imidazole rings is 2. The fourth-order valence-corrected chi connectivity index (χ4v) is 7.67. The monoisotopic (exact) mass is 718 g/mol. The molecule has 4 amide bonds. The van der Waals surface area contributed by atoms with Crippen molar-refractivity contribution in [3.63, 3.8) is 0 Å². The van der Waals surface area contributed by atoms with Crippen molar-refractivity contribution < 1.29 is 19.2 Å². The largest absolute Gasteiger partial charge is 0.343 e. The summed E-state index contributed by atoms with van der Waals surface area (Å²) in [7, 11) is 0. The zero-order valence-corrected chi connectivity index (χ0v) is 29.4. The third kappa shape index (κ3) is 6.79. The summed E-state index contributed by atoms with van der Waals surface area (Å²) in [5, 5.41) is 5.40. The van der Waals surface area contributed by atoms with E-state index in [1.165, 1.54) is 0 Å². The first-order valence-corrected chi connectivity index (χ1v) is 18.1. The van der Waals surface area contributed by atoms with Crippen molar-refractivity contribution in [1.29, 1.82) is 0 Å². The molecule has 270 valence electrons. The number of hydrogen-bond donors (Lipinski definition) is 4. The molecule has 2 aromatic heterocycles. The Labute approximate surface area is 311 Å². The van der Waals surface area contributed by atoms with Gasteiger partial charge in [-0.05, 0) is 73.2 Å². The van der Waals surface area contributed by atoms with Gasteiger partial charge in [0.05, 0.1) is 34.2 Å². The molecule has 2 aliphatic heterocycles. The molecule has 0 radical (unpaired) electrons. The predicted octanol–water partition coefficient (Wildman–Crippen LogP) is 5.14. The van der Waals surface area contributed by atoms with Crippen LogP contribution in [0.3, 0.4) is 0 Å². The highest BCUT2D eigenvalue weighted by atomic mass is 16.2. The molecule has 0 saturated carbocycles. The lowest BCUT2D eigenvalue weighted by Gasteiger charge is -2.27. The Morgan fingerprint density at radius 3 is 1.48 bits per heavy atom. The lowest BCUT2D eigenvalue weighted by molar-refractivity contribution is -0.136. The van der Waals surface area contributed by atoms with Crippen LogP contribution in [0, 0.1) is 11.8 Å². The van der Waals surface area contributed by atoms with Gasteiger partial charge in [-0.1, -0.05) is 72.5 Å². The van der Waals surface area contributed by atoms with Crippen LogP contribution in [0.4, 0.5) is 0 Å². The van der Waals surface area contributed by atoms with Gasteiger partial charge in [-0.2, -0.15) is 0 Å². The maximum Gasteiger partial charge on any atom is 0.250 e. The lowest BCUT2D eigenvalue weighted by atomic mass is 10.1. The summed E-state index contributed by atoms with van der Waals surface area (Å²) >= 11 is 0. The van der Waals surface area contributed by atoms with Gasteiger partial charge in [-0.3, -0.25) is 19.2 Å². The minimum absolute atomic E-state index is 0.165. The van der Waals surface area contributed by atoms with E-state index in [0.717, 1.165) is 70.0 Å². The molecule has 2 aliphatic rings. The molecule has 2 saturated heterocycles. The van der Waals surface area contributed by atoms with E-state index in [9.17, 15) is 19.2 Å².